The van der Waals surface area contributed by atoms with Gasteiger partial charge in [-0.05, 0) is 6.42 Å². The van der Waals surface area contributed by atoms with Crippen molar-refractivity contribution in [3.05, 3.63) is 12.2 Å². The Balaban J connectivity index is 3.75. The normalized spacial score (nSPS) is 9.85. The number of rotatable bonds is 11. The van der Waals surface area contributed by atoms with Crippen molar-refractivity contribution in [2.45, 2.75) is 45.4 Å². The number of carbonyl (C=O) groups excluding carboxylic acids is 2. The molecule has 0 rings (SSSR count). The molecule has 0 amide bonds. The molecule has 0 bridgehead atoms. The molecule has 0 heterocycles. The third-order valence-corrected chi connectivity index (χ3v) is 2.46. The molecule has 0 aromatic heterocycles. The van der Waals surface area contributed by atoms with E-state index in [1.807, 2.05) is 0 Å². The van der Waals surface area contributed by atoms with Crippen molar-refractivity contribution < 1.29 is 29.0 Å². The van der Waals surface area contributed by atoms with E-state index in [4.69, 9.17) is 9.84 Å². The fraction of sp³-hybridized carbons (Fsp3) is 0.643. The zero-order valence-corrected chi connectivity index (χ0v) is 11.9. The fourth-order valence-electron chi connectivity index (χ4n) is 1.35. The number of esters is 2. The Morgan fingerprint density at radius 2 is 1.75 bits per heavy atom. The summed E-state index contributed by atoms with van der Waals surface area (Å²) in [6.45, 7) is 5.61. The maximum Gasteiger partial charge on any atom is 0.334 e. The molecule has 0 saturated heterocycles. The van der Waals surface area contributed by atoms with Crippen LogP contribution in [-0.2, 0) is 23.9 Å². The van der Waals surface area contributed by atoms with Gasteiger partial charge in [0.15, 0.2) is 0 Å². The lowest BCUT2D eigenvalue weighted by molar-refractivity contribution is -0.147. The smallest absolute Gasteiger partial charge is 0.334 e. The van der Waals surface area contributed by atoms with Crippen molar-refractivity contribution >= 4 is 17.9 Å². The molecule has 0 aliphatic carbocycles. The lowest BCUT2D eigenvalue weighted by Gasteiger charge is -2.07. The van der Waals surface area contributed by atoms with Gasteiger partial charge in [0, 0.05) is 5.57 Å². The molecule has 20 heavy (non-hydrogen) atoms. The minimum atomic E-state index is -1.06. The first kappa shape index (κ1) is 18.1. The molecule has 0 aromatic rings. The molecule has 0 aliphatic heterocycles. The monoisotopic (exact) mass is 286 g/mol. The third kappa shape index (κ3) is 10.1. The van der Waals surface area contributed by atoms with Crippen molar-refractivity contribution in [3.63, 3.8) is 0 Å². The molecule has 0 atom stereocenters. The summed E-state index contributed by atoms with van der Waals surface area (Å²) in [6.07, 6.45) is 3.49. The van der Waals surface area contributed by atoms with Crippen LogP contribution in [-0.4, -0.2) is 36.2 Å². The average molecular weight is 286 g/mol. The summed E-state index contributed by atoms with van der Waals surface area (Å²) in [5, 5.41) is 8.38. The van der Waals surface area contributed by atoms with Gasteiger partial charge in [-0.1, -0.05) is 32.8 Å². The topological polar surface area (TPSA) is 89.9 Å². The first-order valence-corrected chi connectivity index (χ1v) is 6.69. The predicted molar refractivity (Wildman–Crippen MR) is 72.1 cm³/mol. The van der Waals surface area contributed by atoms with Gasteiger partial charge >= 0.3 is 17.9 Å². The number of carboxylic acids is 1. The minimum Gasteiger partial charge on any atom is -0.481 e. The third-order valence-electron chi connectivity index (χ3n) is 2.46. The average Bonchev–Trinajstić information content (AvgIpc) is 2.37. The van der Waals surface area contributed by atoms with E-state index in [0.717, 1.165) is 25.7 Å². The zero-order chi connectivity index (χ0) is 15.4. The molecule has 0 aromatic carbocycles. The van der Waals surface area contributed by atoms with Crippen molar-refractivity contribution in [1.82, 2.24) is 0 Å². The Hall–Kier alpha value is -1.85. The van der Waals surface area contributed by atoms with Gasteiger partial charge < -0.3 is 14.6 Å². The maximum absolute atomic E-state index is 11.4. The number of unbranched alkanes of at least 4 members (excludes halogenated alkanes) is 3. The van der Waals surface area contributed by atoms with Crippen molar-refractivity contribution in [2.24, 2.45) is 0 Å². The van der Waals surface area contributed by atoms with E-state index in [-0.39, 0.29) is 25.0 Å². The number of aliphatic carboxylic acids is 1. The van der Waals surface area contributed by atoms with Gasteiger partial charge in [0.1, 0.15) is 6.61 Å². The maximum atomic E-state index is 11.4. The van der Waals surface area contributed by atoms with E-state index < -0.39 is 17.9 Å². The zero-order valence-electron chi connectivity index (χ0n) is 11.9. The number of hydrogen-bond acceptors (Lipinski definition) is 5. The molecule has 114 valence electrons. The van der Waals surface area contributed by atoms with E-state index in [1.54, 1.807) is 0 Å². The standard InChI is InChI=1S/C14H22O6/c1-3-4-5-6-8-19-13(17)10-11(2)14(18)20-9-7-12(15)16/h2-10H2,1H3,(H,15,16). The second-order valence-corrected chi connectivity index (χ2v) is 4.34. The van der Waals surface area contributed by atoms with E-state index in [0.29, 0.717) is 6.61 Å². The van der Waals surface area contributed by atoms with Crippen molar-refractivity contribution in [3.8, 4) is 0 Å². The Kier molecular flexibility index (Phi) is 10.00. The van der Waals surface area contributed by atoms with Crippen LogP contribution in [0.15, 0.2) is 12.2 Å². The number of carbonyl (C=O) groups is 3. The Labute approximate surface area is 118 Å². The number of ether oxygens (including phenoxy) is 2. The van der Waals surface area contributed by atoms with Crippen LogP contribution in [0.2, 0.25) is 0 Å². The molecule has 0 unspecified atom stereocenters. The van der Waals surface area contributed by atoms with Crippen LogP contribution < -0.4 is 0 Å². The van der Waals surface area contributed by atoms with Gasteiger partial charge in [0.2, 0.25) is 0 Å². The first-order valence-electron chi connectivity index (χ1n) is 6.69. The van der Waals surface area contributed by atoms with Crippen LogP contribution in [0.3, 0.4) is 0 Å². The van der Waals surface area contributed by atoms with Gasteiger partial charge in [-0.15, -0.1) is 0 Å². The largest absolute Gasteiger partial charge is 0.481 e. The molecule has 6 nitrogen and oxygen atoms in total. The summed E-state index contributed by atoms with van der Waals surface area (Å²) >= 11 is 0. The highest BCUT2D eigenvalue weighted by Crippen LogP contribution is 2.05. The van der Waals surface area contributed by atoms with Crippen LogP contribution >= 0.6 is 0 Å². The number of carboxylic acid groups (broad SMARTS) is 1. The molecular formula is C14H22O6. The molecule has 0 radical (unpaired) electrons. The van der Waals surface area contributed by atoms with E-state index >= 15 is 0 Å². The Morgan fingerprint density at radius 1 is 1.05 bits per heavy atom. The van der Waals surface area contributed by atoms with E-state index in [1.165, 1.54) is 0 Å². The summed E-state index contributed by atoms with van der Waals surface area (Å²) in [5.74, 6) is -2.36. The van der Waals surface area contributed by atoms with Crippen LogP contribution in [0.1, 0.15) is 45.4 Å². The van der Waals surface area contributed by atoms with Gasteiger partial charge in [0.25, 0.3) is 0 Å². The first-order chi connectivity index (χ1) is 9.47. The predicted octanol–water partition coefficient (Wildman–Crippen LogP) is 2.07. The van der Waals surface area contributed by atoms with Crippen LogP contribution in [0, 0.1) is 0 Å². The van der Waals surface area contributed by atoms with Gasteiger partial charge in [-0.2, -0.15) is 0 Å². The summed E-state index contributed by atoms with van der Waals surface area (Å²) in [4.78, 5) is 33.0. The minimum absolute atomic E-state index is 0.0334. The second-order valence-electron chi connectivity index (χ2n) is 4.34. The van der Waals surface area contributed by atoms with Crippen molar-refractivity contribution in [2.75, 3.05) is 13.2 Å². The summed E-state index contributed by atoms with van der Waals surface area (Å²) in [5.41, 5.74) is -0.0334. The quantitative estimate of drug-likeness (QED) is 0.355. The molecule has 1 N–H and O–H groups in total. The molecule has 0 saturated carbocycles. The van der Waals surface area contributed by atoms with Crippen LogP contribution in [0.5, 0.6) is 0 Å². The van der Waals surface area contributed by atoms with Crippen LogP contribution in [0.4, 0.5) is 0 Å². The molecule has 0 spiro atoms. The Morgan fingerprint density at radius 3 is 2.35 bits per heavy atom. The molecule has 0 fully saturated rings. The summed E-state index contributed by atoms with van der Waals surface area (Å²) in [7, 11) is 0. The molecular weight excluding hydrogens is 264 g/mol. The summed E-state index contributed by atoms with van der Waals surface area (Å²) < 4.78 is 9.60. The second kappa shape index (κ2) is 11.0. The highest BCUT2D eigenvalue weighted by Gasteiger charge is 2.14. The van der Waals surface area contributed by atoms with E-state index in [2.05, 4.69) is 18.2 Å². The van der Waals surface area contributed by atoms with Gasteiger partial charge in [-0.25, -0.2) is 4.79 Å². The highest BCUT2D eigenvalue weighted by atomic mass is 16.5. The SMILES string of the molecule is C=C(CC(=O)OCCCCCC)C(=O)OCCC(=O)O. The number of hydrogen-bond donors (Lipinski definition) is 1. The molecule has 0 aliphatic rings. The highest BCUT2D eigenvalue weighted by molar-refractivity contribution is 5.93. The summed E-state index contributed by atoms with van der Waals surface area (Å²) in [6, 6.07) is 0. The van der Waals surface area contributed by atoms with Crippen LogP contribution in [0.25, 0.3) is 0 Å². The van der Waals surface area contributed by atoms with Gasteiger partial charge in [-0.3, -0.25) is 9.59 Å². The van der Waals surface area contributed by atoms with E-state index in [9.17, 15) is 14.4 Å². The van der Waals surface area contributed by atoms with Crippen molar-refractivity contribution in [1.29, 1.82) is 0 Å². The lowest BCUT2D eigenvalue weighted by atomic mass is 10.2. The van der Waals surface area contributed by atoms with Gasteiger partial charge in [0.05, 0.1) is 19.4 Å². The lowest BCUT2D eigenvalue weighted by Crippen LogP contribution is -2.15. The fourth-order valence-corrected chi connectivity index (χ4v) is 1.35. The molecule has 6 heteroatoms. The Bertz CT molecular complexity index is 348.